The second-order valence-corrected chi connectivity index (χ2v) is 0.671. The van der Waals surface area contributed by atoms with Gasteiger partial charge in [0.25, 0.3) is 0 Å². The Morgan fingerprint density at radius 1 is 1.29 bits per heavy atom. The predicted molar refractivity (Wildman–Crippen MR) is 33.5 cm³/mol. The molecule has 0 N–H and O–H groups in total. The van der Waals surface area contributed by atoms with Crippen molar-refractivity contribution in [1.29, 1.82) is 0 Å². The fourth-order valence-corrected chi connectivity index (χ4v) is 0.0839. The number of hydrogen-bond donors (Lipinski definition) is 0. The van der Waals surface area contributed by atoms with E-state index in [1.54, 1.807) is 0 Å². The van der Waals surface area contributed by atoms with Gasteiger partial charge in [0.1, 0.15) is 0 Å². The second-order valence-electron chi connectivity index (χ2n) is 0.671. The van der Waals surface area contributed by atoms with Crippen LogP contribution in [0.4, 0.5) is 0 Å². The van der Waals surface area contributed by atoms with Gasteiger partial charge in [-0.15, -0.1) is 0 Å². The molecule has 0 aliphatic carbocycles. The Hall–Kier alpha value is -0.0400. The van der Waals surface area contributed by atoms with Gasteiger partial charge in [-0.1, -0.05) is 20.6 Å². The fourth-order valence-electron chi connectivity index (χ4n) is 0.0839. The van der Waals surface area contributed by atoms with Crippen LogP contribution < -0.4 is 0 Å². The Morgan fingerprint density at radius 2 is 1.71 bits per heavy atom. The van der Waals surface area contributed by atoms with Crippen LogP contribution in [0.1, 0.15) is 41.1 Å². The van der Waals surface area contributed by atoms with Crippen molar-refractivity contribution < 1.29 is 20.6 Å². The summed E-state index contributed by atoms with van der Waals surface area (Å²) in [6, 6.07) is 0. The number of hydrogen-bond acceptors (Lipinski definition) is 1. The Labute approximate surface area is 67.4 Å². The summed E-state index contributed by atoms with van der Waals surface area (Å²) in [4.78, 5) is -0.875. The molecule has 0 rings (SSSR count). The van der Waals surface area contributed by atoms with E-state index < -0.39 is 44.9 Å². The van der Waals surface area contributed by atoms with Gasteiger partial charge in [0.15, 0.2) is 0 Å². The average Bonchev–Trinajstić information content (AvgIpc) is 2.09. The lowest BCUT2D eigenvalue weighted by Crippen LogP contribution is -2.21. The lowest BCUT2D eigenvalue weighted by atomic mass is 10.5. The van der Waals surface area contributed by atoms with Crippen LogP contribution in [-0.2, 0) is 0 Å². The van der Waals surface area contributed by atoms with Crippen LogP contribution in [0.15, 0.2) is 0 Å². The summed E-state index contributed by atoms with van der Waals surface area (Å²) in [7, 11) is 0. The third-order valence-corrected chi connectivity index (χ3v) is 0.335. The van der Waals surface area contributed by atoms with E-state index >= 15 is 0 Å². The van der Waals surface area contributed by atoms with E-state index in [9.17, 15) is 0 Å². The standard InChI is InChI=1S/C6H15N/c1-4-7(5-2)6-3/h4-6H2,1-3H3/i1D3,2D3,3D3,4D2,5D2,6D2. The SMILES string of the molecule is [2H]C([2H])([2H])C([2H])([2H])N(C([2H])([2H])C([2H])([2H])[2H])C([2H])([2H])C([2H])([2H])[2H]. The molecule has 0 heterocycles. The topological polar surface area (TPSA) is 3.24 Å². The fraction of sp³-hybridized carbons (Fsp3) is 1.00. The normalized spacial score (nSPS) is 53.6. The predicted octanol–water partition coefficient (Wildman–Crippen LogP) is 1.35. The molecule has 0 fully saturated rings. The highest BCUT2D eigenvalue weighted by Gasteiger charge is 1.89. The van der Waals surface area contributed by atoms with Crippen LogP contribution in [0.25, 0.3) is 0 Å². The summed E-state index contributed by atoms with van der Waals surface area (Å²) < 4.78 is 108. The van der Waals surface area contributed by atoms with Gasteiger partial charge >= 0.3 is 0 Å². The first kappa shape index (κ1) is 0.563. The average molecular weight is 116 g/mol. The molecule has 0 unspecified atom stereocenters. The van der Waals surface area contributed by atoms with E-state index in [0.29, 0.717) is 0 Å². The largest absolute Gasteiger partial charge is 0.304 e. The van der Waals surface area contributed by atoms with Crippen molar-refractivity contribution in [2.45, 2.75) is 20.6 Å². The van der Waals surface area contributed by atoms with Gasteiger partial charge in [0, 0.05) is 20.6 Å². The molecule has 0 bridgehead atoms. The van der Waals surface area contributed by atoms with Gasteiger partial charge in [0.2, 0.25) is 0 Å². The molecule has 1 nitrogen and oxygen atoms in total. The molecule has 0 aromatic heterocycles. The van der Waals surface area contributed by atoms with Crippen molar-refractivity contribution in [3.63, 3.8) is 0 Å². The Balaban J connectivity index is 6.53. The van der Waals surface area contributed by atoms with E-state index in [2.05, 4.69) is 0 Å². The van der Waals surface area contributed by atoms with Crippen LogP contribution in [0, 0.1) is 0 Å². The summed E-state index contributed by atoms with van der Waals surface area (Å²) in [5.41, 5.74) is 0. The molecule has 1 heteroatoms. The first-order valence-electron chi connectivity index (χ1n) is 8.92. The molecular formula is C6H15N. The molecule has 0 aromatic carbocycles. The van der Waals surface area contributed by atoms with Crippen molar-refractivity contribution in [1.82, 2.24) is 4.90 Å². The molecule has 0 amide bonds. The van der Waals surface area contributed by atoms with Crippen molar-refractivity contribution >= 4 is 0 Å². The highest BCUT2D eigenvalue weighted by molar-refractivity contribution is 4.43. The maximum Gasteiger partial charge on any atom is 0.0428 e. The molecule has 0 atom stereocenters. The monoisotopic (exact) mass is 116 g/mol. The highest BCUT2D eigenvalue weighted by atomic mass is 15.1. The quantitative estimate of drug-likeness (QED) is 0.538. The van der Waals surface area contributed by atoms with Crippen molar-refractivity contribution in [2.75, 3.05) is 19.5 Å². The molecule has 0 spiro atoms. The summed E-state index contributed by atoms with van der Waals surface area (Å²) in [5.74, 6) is 0. The zero-order chi connectivity index (χ0) is 18.6. The zero-order valence-corrected chi connectivity index (χ0v) is 3.45. The lowest BCUT2D eigenvalue weighted by Gasteiger charge is -2.13. The van der Waals surface area contributed by atoms with Gasteiger partial charge in [-0.25, -0.2) is 0 Å². The molecule has 7 heavy (non-hydrogen) atoms. The van der Waals surface area contributed by atoms with E-state index in [1.165, 1.54) is 0 Å². The molecule has 44 valence electrons. The molecule has 0 aliphatic heterocycles. The van der Waals surface area contributed by atoms with Crippen LogP contribution in [0.3, 0.4) is 0 Å². The van der Waals surface area contributed by atoms with Gasteiger partial charge in [-0.05, 0) is 19.5 Å². The van der Waals surface area contributed by atoms with Gasteiger partial charge in [0.05, 0.1) is 0 Å². The Bertz CT molecular complexity index is 334. The summed E-state index contributed by atoms with van der Waals surface area (Å²) in [6.45, 7) is -22.8. The van der Waals surface area contributed by atoms with E-state index in [1.807, 2.05) is 0 Å². The molecule has 0 saturated carbocycles. The first-order chi connectivity index (χ1) is 9.12. The molecule has 0 aliphatic rings. The first-order valence-corrected chi connectivity index (χ1v) is 1.42. The van der Waals surface area contributed by atoms with Crippen molar-refractivity contribution in [2.24, 2.45) is 0 Å². The number of rotatable bonds is 3. The minimum atomic E-state index is -3.90. The van der Waals surface area contributed by atoms with Crippen LogP contribution >= 0.6 is 0 Å². The second kappa shape index (κ2) is 4.13. The lowest BCUT2D eigenvalue weighted by molar-refractivity contribution is 0.321. The van der Waals surface area contributed by atoms with Crippen LogP contribution in [0.2, 0.25) is 0 Å². The van der Waals surface area contributed by atoms with E-state index in [0.717, 1.165) is 0 Å². The summed E-state index contributed by atoms with van der Waals surface area (Å²) in [6.07, 6.45) is 0. The maximum absolute atomic E-state index is 7.46. The maximum atomic E-state index is 7.46. The van der Waals surface area contributed by atoms with E-state index in [-0.39, 0.29) is 0 Å². The highest BCUT2D eigenvalue weighted by Crippen LogP contribution is 1.81. The summed E-state index contributed by atoms with van der Waals surface area (Å²) >= 11 is 0. The minimum absolute atomic E-state index is 0.875. The molecular weight excluding hydrogens is 86.1 g/mol. The minimum Gasteiger partial charge on any atom is -0.304 e. The third kappa shape index (κ3) is 2.63. The van der Waals surface area contributed by atoms with Gasteiger partial charge in [-0.3, -0.25) is 0 Å². The smallest absolute Gasteiger partial charge is 0.0428 e. The molecule has 0 saturated heterocycles. The summed E-state index contributed by atoms with van der Waals surface area (Å²) in [5, 5.41) is 0. The zero-order valence-electron chi connectivity index (χ0n) is 18.4. The van der Waals surface area contributed by atoms with Gasteiger partial charge < -0.3 is 4.90 Å². The van der Waals surface area contributed by atoms with Crippen LogP contribution in [-0.4, -0.2) is 24.4 Å². The Morgan fingerprint density at radius 3 is 2.00 bits per heavy atom. The Kier molecular flexibility index (Phi) is 0.332. The van der Waals surface area contributed by atoms with Crippen molar-refractivity contribution in [3.05, 3.63) is 0 Å². The molecule has 0 radical (unpaired) electrons. The third-order valence-electron chi connectivity index (χ3n) is 0.335. The van der Waals surface area contributed by atoms with Crippen LogP contribution in [0.5, 0.6) is 0 Å². The molecule has 0 aromatic rings. The van der Waals surface area contributed by atoms with Crippen molar-refractivity contribution in [3.8, 4) is 0 Å². The van der Waals surface area contributed by atoms with Gasteiger partial charge in [-0.2, -0.15) is 0 Å². The number of nitrogens with zero attached hydrogens (tertiary/aromatic N) is 1. The van der Waals surface area contributed by atoms with E-state index in [4.69, 9.17) is 20.6 Å².